The molecular formula is C25H29N7O4S. The quantitative estimate of drug-likeness (QED) is 0.482. The summed E-state index contributed by atoms with van der Waals surface area (Å²) in [5, 5.41) is 7.16. The lowest BCUT2D eigenvalue weighted by atomic mass is 10.0. The van der Waals surface area contributed by atoms with Crippen molar-refractivity contribution in [2.24, 2.45) is 5.92 Å². The molecule has 2 aliphatic carbocycles. The van der Waals surface area contributed by atoms with Gasteiger partial charge < -0.3 is 16.0 Å². The normalized spacial score (nSPS) is 18.2. The first-order valence-corrected chi connectivity index (χ1v) is 14.3. The average molecular weight is 524 g/mol. The van der Waals surface area contributed by atoms with Crippen LogP contribution in [0.2, 0.25) is 0 Å². The van der Waals surface area contributed by atoms with Crippen LogP contribution in [0.25, 0.3) is 16.9 Å². The number of nitrogens with two attached hydrogens (primary N) is 1. The predicted molar refractivity (Wildman–Crippen MR) is 139 cm³/mol. The van der Waals surface area contributed by atoms with Crippen molar-refractivity contribution >= 4 is 39.0 Å². The topological polar surface area (TPSA) is 143 Å². The minimum atomic E-state index is -3.64. The standard InChI is InChI=1S/C25H29N7O4S/c1-13(14-4-5-14)31-12-16-10-15(11-19(20(16)25(31)34)30(2)37(3,35)36)18-8-9-32-23(28-18)21(22(26)29-32)24(33)27-17-6-7-17/h8-11,13-14,17H,4-7,12H2,1-3H3,(H2,26,29)(H,27,33)/t13-/m0/s1. The number of amides is 2. The number of nitrogens with zero attached hydrogens (tertiary/aromatic N) is 5. The summed E-state index contributed by atoms with van der Waals surface area (Å²) in [6.07, 6.45) is 6.84. The van der Waals surface area contributed by atoms with E-state index in [1.807, 2.05) is 11.0 Å². The van der Waals surface area contributed by atoms with E-state index >= 15 is 0 Å². The maximum atomic E-state index is 13.5. The van der Waals surface area contributed by atoms with Crippen LogP contribution in [0.5, 0.6) is 0 Å². The van der Waals surface area contributed by atoms with Crippen molar-refractivity contribution in [2.45, 2.75) is 51.2 Å². The lowest BCUT2D eigenvalue weighted by Crippen LogP contribution is -2.35. The molecule has 3 heterocycles. The van der Waals surface area contributed by atoms with Crippen LogP contribution in [0.3, 0.4) is 0 Å². The molecule has 1 aliphatic heterocycles. The summed E-state index contributed by atoms with van der Waals surface area (Å²) in [5.41, 5.74) is 9.20. The van der Waals surface area contributed by atoms with Gasteiger partial charge in [0.25, 0.3) is 11.8 Å². The van der Waals surface area contributed by atoms with Gasteiger partial charge in [-0.15, -0.1) is 5.10 Å². The van der Waals surface area contributed by atoms with Gasteiger partial charge in [-0.2, -0.15) is 0 Å². The molecule has 3 aliphatic rings. The third-order valence-electron chi connectivity index (χ3n) is 7.59. The van der Waals surface area contributed by atoms with Gasteiger partial charge in [0.15, 0.2) is 11.5 Å². The van der Waals surface area contributed by atoms with E-state index in [1.54, 1.807) is 18.3 Å². The molecule has 3 N–H and O–H groups in total. The summed E-state index contributed by atoms with van der Waals surface area (Å²) in [6, 6.07) is 5.52. The zero-order valence-electron chi connectivity index (χ0n) is 20.9. The molecular weight excluding hydrogens is 494 g/mol. The Hall–Kier alpha value is -3.67. The summed E-state index contributed by atoms with van der Waals surface area (Å²) in [6.45, 7) is 2.46. The Kier molecular flexibility index (Phi) is 5.23. The second kappa shape index (κ2) is 8.17. The number of carbonyl (C=O) groups is 2. The number of fused-ring (bicyclic) bond motifs is 2. The summed E-state index contributed by atoms with van der Waals surface area (Å²) >= 11 is 0. The molecule has 2 fully saturated rings. The van der Waals surface area contributed by atoms with Gasteiger partial charge in [-0.3, -0.25) is 13.9 Å². The molecule has 2 saturated carbocycles. The summed E-state index contributed by atoms with van der Waals surface area (Å²) in [4.78, 5) is 32.9. The van der Waals surface area contributed by atoms with E-state index in [1.165, 1.54) is 11.6 Å². The zero-order valence-corrected chi connectivity index (χ0v) is 21.7. The van der Waals surface area contributed by atoms with Crippen LogP contribution in [-0.2, 0) is 16.6 Å². The number of benzene rings is 1. The Labute approximate surface area is 214 Å². The van der Waals surface area contributed by atoms with Crippen LogP contribution in [0.1, 0.15) is 58.9 Å². The Balaban J connectivity index is 1.47. The van der Waals surface area contributed by atoms with Crippen LogP contribution in [0, 0.1) is 5.92 Å². The third-order valence-corrected chi connectivity index (χ3v) is 8.79. The lowest BCUT2D eigenvalue weighted by Gasteiger charge is -2.24. The highest BCUT2D eigenvalue weighted by Gasteiger charge is 2.41. The minimum Gasteiger partial charge on any atom is -0.381 e. The van der Waals surface area contributed by atoms with Crippen molar-refractivity contribution in [1.29, 1.82) is 0 Å². The summed E-state index contributed by atoms with van der Waals surface area (Å²) < 4.78 is 27.7. The number of rotatable bonds is 7. The first kappa shape index (κ1) is 23.7. The number of anilines is 2. The summed E-state index contributed by atoms with van der Waals surface area (Å²) in [5.74, 6) is 0.0915. The van der Waals surface area contributed by atoms with Crippen LogP contribution >= 0.6 is 0 Å². The largest absolute Gasteiger partial charge is 0.381 e. The van der Waals surface area contributed by atoms with Crippen LogP contribution < -0.4 is 15.4 Å². The van der Waals surface area contributed by atoms with Crippen molar-refractivity contribution in [3.8, 4) is 11.3 Å². The van der Waals surface area contributed by atoms with Crippen LogP contribution in [-0.4, -0.2) is 65.1 Å². The van der Waals surface area contributed by atoms with Crippen LogP contribution in [0.4, 0.5) is 11.5 Å². The molecule has 0 saturated heterocycles. The van der Waals surface area contributed by atoms with E-state index < -0.39 is 10.0 Å². The molecule has 11 nitrogen and oxygen atoms in total. The number of sulfonamides is 1. The van der Waals surface area contributed by atoms with Crippen molar-refractivity contribution < 1.29 is 18.0 Å². The first-order chi connectivity index (χ1) is 17.5. The Morgan fingerprint density at radius 1 is 1.24 bits per heavy atom. The van der Waals surface area contributed by atoms with Crippen molar-refractivity contribution in [3.05, 3.63) is 41.1 Å². The molecule has 2 amide bonds. The third kappa shape index (κ3) is 4.08. The fraction of sp³-hybridized carbons (Fsp3) is 0.440. The SMILES string of the molecule is C[C@@H](C1CC1)N1Cc2cc(-c3ccn4nc(N)c(C(=O)NC5CC5)c4n3)cc(N(C)S(C)(=O)=O)c2C1=O. The number of nitrogens with one attached hydrogen (secondary N) is 1. The molecule has 0 bridgehead atoms. The molecule has 0 unspecified atom stereocenters. The molecule has 1 aromatic carbocycles. The molecule has 6 rings (SSSR count). The van der Waals surface area contributed by atoms with E-state index in [9.17, 15) is 18.0 Å². The molecule has 194 valence electrons. The Morgan fingerprint density at radius 3 is 2.62 bits per heavy atom. The molecule has 0 radical (unpaired) electrons. The fourth-order valence-electron chi connectivity index (χ4n) is 5.00. The molecule has 1 atom stereocenters. The van der Waals surface area contributed by atoms with Gasteiger partial charge >= 0.3 is 0 Å². The number of nitrogen functional groups attached to an aromatic ring is 1. The lowest BCUT2D eigenvalue weighted by molar-refractivity contribution is 0.0698. The van der Waals surface area contributed by atoms with Crippen molar-refractivity contribution in [1.82, 2.24) is 24.8 Å². The van der Waals surface area contributed by atoms with Gasteiger partial charge in [-0.05, 0) is 62.3 Å². The van der Waals surface area contributed by atoms with Gasteiger partial charge in [0.1, 0.15) is 5.56 Å². The smallest absolute Gasteiger partial charge is 0.259 e. The summed E-state index contributed by atoms with van der Waals surface area (Å²) in [7, 11) is -2.19. The van der Waals surface area contributed by atoms with Crippen molar-refractivity contribution in [3.63, 3.8) is 0 Å². The van der Waals surface area contributed by atoms with Gasteiger partial charge in [-0.25, -0.2) is 17.9 Å². The molecule has 2 aromatic heterocycles. The second-order valence-corrected chi connectivity index (χ2v) is 12.4. The minimum absolute atomic E-state index is 0.0801. The second-order valence-electron chi connectivity index (χ2n) is 10.4. The number of hydrogen-bond donors (Lipinski definition) is 2. The number of carbonyl (C=O) groups excluding carboxylic acids is 2. The van der Waals surface area contributed by atoms with Gasteiger partial charge in [-0.1, -0.05) is 0 Å². The van der Waals surface area contributed by atoms with Gasteiger partial charge in [0.05, 0.1) is 23.2 Å². The van der Waals surface area contributed by atoms with E-state index in [0.29, 0.717) is 40.6 Å². The van der Waals surface area contributed by atoms with Crippen LogP contribution in [0.15, 0.2) is 24.4 Å². The molecule has 37 heavy (non-hydrogen) atoms. The fourth-order valence-corrected chi connectivity index (χ4v) is 5.50. The molecule has 3 aromatic rings. The first-order valence-electron chi connectivity index (χ1n) is 12.4. The van der Waals surface area contributed by atoms with Gasteiger partial charge in [0.2, 0.25) is 10.0 Å². The number of aromatic nitrogens is 3. The molecule has 12 heteroatoms. The van der Waals surface area contributed by atoms with E-state index in [2.05, 4.69) is 17.3 Å². The highest BCUT2D eigenvalue weighted by molar-refractivity contribution is 7.92. The van der Waals surface area contributed by atoms with Gasteiger partial charge in [0, 0.05) is 37.4 Å². The maximum Gasteiger partial charge on any atom is 0.259 e. The maximum absolute atomic E-state index is 13.5. The van der Waals surface area contributed by atoms with E-state index in [-0.39, 0.29) is 35.3 Å². The average Bonchev–Trinajstić information content (AvgIpc) is 3.77. The van der Waals surface area contributed by atoms with E-state index in [4.69, 9.17) is 10.7 Å². The Bertz CT molecular complexity index is 1570. The number of hydrogen-bond acceptors (Lipinski definition) is 7. The molecule has 0 spiro atoms. The van der Waals surface area contributed by atoms with E-state index in [0.717, 1.165) is 41.8 Å². The highest BCUT2D eigenvalue weighted by Crippen LogP contribution is 2.42. The van der Waals surface area contributed by atoms with Crippen molar-refractivity contribution in [2.75, 3.05) is 23.3 Å². The highest BCUT2D eigenvalue weighted by atomic mass is 32.2. The zero-order chi connectivity index (χ0) is 26.2. The monoisotopic (exact) mass is 523 g/mol. The predicted octanol–water partition coefficient (Wildman–Crippen LogP) is 2.02. The Morgan fingerprint density at radius 2 is 1.97 bits per heavy atom.